The fraction of sp³-hybridized carbons (Fsp3) is 0.267. The maximum atomic E-state index is 10.5. The molecule has 0 aliphatic rings. The van der Waals surface area contributed by atoms with Crippen LogP contribution in [-0.4, -0.2) is 24.2 Å². The Balaban J connectivity index is 2.69. The molecule has 3 heteroatoms. The normalized spacial score (nSPS) is 9.78. The van der Waals surface area contributed by atoms with E-state index in [1.54, 1.807) is 0 Å². The summed E-state index contributed by atoms with van der Waals surface area (Å²) in [7, 11) is 0. The molecule has 18 heavy (non-hydrogen) atoms. The van der Waals surface area contributed by atoms with Gasteiger partial charge in [0.05, 0.1) is 0 Å². The maximum Gasteiger partial charge on any atom is 0.303 e. The molecule has 0 amide bonds. The lowest BCUT2D eigenvalue weighted by Crippen LogP contribution is -2.22. The van der Waals surface area contributed by atoms with Crippen molar-refractivity contribution in [2.45, 2.75) is 12.8 Å². The van der Waals surface area contributed by atoms with Gasteiger partial charge in [0.1, 0.15) is 0 Å². The fourth-order valence-corrected chi connectivity index (χ4v) is 1.72. The highest BCUT2D eigenvalue weighted by Gasteiger charge is 2.03. The molecule has 1 N–H and O–H groups in total. The average Bonchev–Trinajstić information content (AvgIpc) is 2.37. The van der Waals surface area contributed by atoms with E-state index in [9.17, 15) is 4.79 Å². The van der Waals surface area contributed by atoms with Gasteiger partial charge in [0.25, 0.3) is 0 Å². The van der Waals surface area contributed by atoms with Crippen molar-refractivity contribution < 1.29 is 9.90 Å². The van der Waals surface area contributed by atoms with Gasteiger partial charge >= 0.3 is 5.97 Å². The Labute approximate surface area is 108 Å². The molecule has 0 bridgehead atoms. The van der Waals surface area contributed by atoms with Crippen molar-refractivity contribution in [2.75, 3.05) is 18.0 Å². The van der Waals surface area contributed by atoms with Crippen molar-refractivity contribution in [3.8, 4) is 0 Å². The first kappa shape index (κ1) is 14.0. The van der Waals surface area contributed by atoms with Crippen molar-refractivity contribution in [1.82, 2.24) is 0 Å². The lowest BCUT2D eigenvalue weighted by molar-refractivity contribution is -0.136. The number of benzene rings is 1. The number of carboxylic acids is 1. The monoisotopic (exact) mass is 245 g/mol. The predicted octanol–water partition coefficient (Wildman–Crippen LogP) is 2.88. The lowest BCUT2D eigenvalue weighted by Gasteiger charge is -2.21. The van der Waals surface area contributed by atoms with Crippen LogP contribution < -0.4 is 4.90 Å². The van der Waals surface area contributed by atoms with E-state index < -0.39 is 5.97 Å². The minimum Gasteiger partial charge on any atom is -0.481 e. The summed E-state index contributed by atoms with van der Waals surface area (Å²) in [6.45, 7) is 9.00. The minimum atomic E-state index is -0.765. The quantitative estimate of drug-likeness (QED) is 0.716. The number of carbonyl (C=O) groups is 1. The van der Waals surface area contributed by atoms with Gasteiger partial charge in [-0.3, -0.25) is 4.79 Å². The predicted molar refractivity (Wildman–Crippen MR) is 75.0 cm³/mol. The molecule has 0 fully saturated rings. The van der Waals surface area contributed by atoms with E-state index >= 15 is 0 Å². The van der Waals surface area contributed by atoms with Gasteiger partial charge in [-0.05, 0) is 24.1 Å². The van der Waals surface area contributed by atoms with E-state index in [4.69, 9.17) is 5.11 Å². The van der Waals surface area contributed by atoms with Crippen LogP contribution in [0.2, 0.25) is 0 Å². The molecule has 96 valence electrons. The third-order valence-electron chi connectivity index (χ3n) is 2.63. The van der Waals surface area contributed by atoms with Crippen LogP contribution in [-0.2, 0) is 11.2 Å². The van der Waals surface area contributed by atoms with Gasteiger partial charge in [-0.15, -0.1) is 13.2 Å². The summed E-state index contributed by atoms with van der Waals surface area (Å²) < 4.78 is 0. The van der Waals surface area contributed by atoms with Crippen LogP contribution in [0.4, 0.5) is 5.69 Å². The van der Waals surface area contributed by atoms with E-state index in [0.29, 0.717) is 6.42 Å². The summed E-state index contributed by atoms with van der Waals surface area (Å²) in [5.74, 6) is -0.765. The molecule has 0 aliphatic heterocycles. The van der Waals surface area contributed by atoms with E-state index in [2.05, 4.69) is 18.1 Å². The summed E-state index contributed by atoms with van der Waals surface area (Å²) >= 11 is 0. The Morgan fingerprint density at radius 1 is 1.17 bits per heavy atom. The van der Waals surface area contributed by atoms with Gasteiger partial charge in [-0.2, -0.15) is 0 Å². The number of hydrogen-bond donors (Lipinski definition) is 1. The molecule has 0 saturated carbocycles. The van der Waals surface area contributed by atoms with Gasteiger partial charge in [0.2, 0.25) is 0 Å². The van der Waals surface area contributed by atoms with Crippen molar-refractivity contribution >= 4 is 11.7 Å². The Morgan fingerprint density at radius 3 is 2.17 bits per heavy atom. The fourth-order valence-electron chi connectivity index (χ4n) is 1.72. The summed E-state index contributed by atoms with van der Waals surface area (Å²) in [6.07, 6.45) is 4.44. The summed E-state index contributed by atoms with van der Waals surface area (Å²) in [5, 5.41) is 8.63. The van der Waals surface area contributed by atoms with Gasteiger partial charge in [0, 0.05) is 25.2 Å². The highest BCUT2D eigenvalue weighted by molar-refractivity contribution is 5.67. The molecule has 0 radical (unpaired) electrons. The van der Waals surface area contributed by atoms with Crippen LogP contribution in [0.3, 0.4) is 0 Å². The summed E-state index contributed by atoms with van der Waals surface area (Å²) in [6, 6.07) is 7.95. The van der Waals surface area contributed by atoms with E-state index in [1.165, 1.54) is 0 Å². The second-order valence-corrected chi connectivity index (χ2v) is 4.04. The van der Waals surface area contributed by atoms with Crippen LogP contribution in [0.5, 0.6) is 0 Å². The number of anilines is 1. The lowest BCUT2D eigenvalue weighted by atomic mass is 10.1. The number of nitrogens with zero attached hydrogens (tertiary/aromatic N) is 1. The molecule has 0 spiro atoms. The molecule has 1 rings (SSSR count). The largest absolute Gasteiger partial charge is 0.481 e. The van der Waals surface area contributed by atoms with Gasteiger partial charge in [-0.1, -0.05) is 24.3 Å². The Hall–Kier alpha value is -2.03. The van der Waals surface area contributed by atoms with Crippen molar-refractivity contribution in [3.63, 3.8) is 0 Å². The van der Waals surface area contributed by atoms with Crippen LogP contribution in [0.15, 0.2) is 49.6 Å². The second-order valence-electron chi connectivity index (χ2n) is 4.04. The molecule has 0 saturated heterocycles. The number of rotatable bonds is 8. The SMILES string of the molecule is C=CCN(CC=C)c1ccc(CCC(=O)O)cc1. The molecular weight excluding hydrogens is 226 g/mol. The number of carboxylic acid groups (broad SMARTS) is 1. The first-order valence-corrected chi connectivity index (χ1v) is 5.95. The van der Waals surface area contributed by atoms with E-state index in [0.717, 1.165) is 24.3 Å². The number of aryl methyl sites for hydroxylation is 1. The molecule has 0 aliphatic carbocycles. The summed E-state index contributed by atoms with van der Waals surface area (Å²) in [5.41, 5.74) is 2.13. The van der Waals surface area contributed by atoms with Crippen molar-refractivity contribution in [2.24, 2.45) is 0 Å². The molecule has 1 aromatic carbocycles. The van der Waals surface area contributed by atoms with Crippen LogP contribution >= 0.6 is 0 Å². The third kappa shape index (κ3) is 4.45. The number of hydrogen-bond acceptors (Lipinski definition) is 2. The average molecular weight is 245 g/mol. The Morgan fingerprint density at radius 2 is 1.72 bits per heavy atom. The van der Waals surface area contributed by atoms with E-state index in [1.807, 2.05) is 36.4 Å². The molecule has 0 unspecified atom stereocenters. The molecule has 1 aromatic rings. The van der Waals surface area contributed by atoms with Crippen molar-refractivity contribution in [1.29, 1.82) is 0 Å². The second kappa shape index (κ2) is 7.33. The number of aliphatic carboxylic acids is 1. The van der Waals surface area contributed by atoms with Crippen LogP contribution in [0, 0.1) is 0 Å². The smallest absolute Gasteiger partial charge is 0.303 e. The zero-order valence-corrected chi connectivity index (χ0v) is 10.5. The summed E-state index contributed by atoms with van der Waals surface area (Å²) in [4.78, 5) is 12.6. The molecular formula is C15H19NO2. The van der Waals surface area contributed by atoms with Crippen LogP contribution in [0.1, 0.15) is 12.0 Å². The van der Waals surface area contributed by atoms with Crippen LogP contribution in [0.25, 0.3) is 0 Å². The van der Waals surface area contributed by atoms with E-state index in [-0.39, 0.29) is 6.42 Å². The van der Waals surface area contributed by atoms with Gasteiger partial charge in [0.15, 0.2) is 0 Å². The molecule has 3 nitrogen and oxygen atoms in total. The standard InChI is InChI=1S/C15H19NO2/c1-3-11-16(12-4-2)14-8-5-13(6-9-14)7-10-15(17)18/h3-6,8-9H,1-2,7,10-12H2,(H,17,18). The molecule has 0 heterocycles. The zero-order valence-electron chi connectivity index (χ0n) is 10.5. The minimum absolute atomic E-state index is 0.169. The Kier molecular flexibility index (Phi) is 5.71. The molecule has 0 atom stereocenters. The van der Waals surface area contributed by atoms with Crippen molar-refractivity contribution in [3.05, 3.63) is 55.1 Å². The maximum absolute atomic E-state index is 10.5. The van der Waals surface area contributed by atoms with Gasteiger partial charge < -0.3 is 10.0 Å². The molecule has 0 aromatic heterocycles. The highest BCUT2D eigenvalue weighted by atomic mass is 16.4. The first-order chi connectivity index (χ1) is 8.67. The zero-order chi connectivity index (χ0) is 13.4. The first-order valence-electron chi connectivity index (χ1n) is 5.95. The Bertz CT molecular complexity index is 399. The third-order valence-corrected chi connectivity index (χ3v) is 2.63. The topological polar surface area (TPSA) is 40.5 Å². The highest BCUT2D eigenvalue weighted by Crippen LogP contribution is 2.16. The van der Waals surface area contributed by atoms with Gasteiger partial charge in [-0.25, -0.2) is 0 Å².